The maximum atomic E-state index is 4.50. The minimum absolute atomic E-state index is 0.612. The average molecular weight is 218 g/mol. The van der Waals surface area contributed by atoms with Crippen molar-refractivity contribution in [2.75, 3.05) is 5.32 Å². The minimum Gasteiger partial charge on any atom is -0.367 e. The van der Waals surface area contributed by atoms with Crippen LogP contribution in [0.1, 0.15) is 38.8 Å². The molecule has 1 aromatic rings. The van der Waals surface area contributed by atoms with Crippen LogP contribution in [0.4, 0.5) is 5.82 Å². The summed E-state index contributed by atoms with van der Waals surface area (Å²) in [5.41, 5.74) is 1.09. The van der Waals surface area contributed by atoms with Gasteiger partial charge in [-0.3, -0.25) is 0 Å². The zero-order valence-electron chi connectivity index (χ0n) is 10.5. The summed E-state index contributed by atoms with van der Waals surface area (Å²) in [5.74, 6) is 2.74. The Morgan fingerprint density at radius 3 is 2.69 bits per heavy atom. The topological polar surface area (TPSA) is 24.9 Å². The van der Waals surface area contributed by atoms with Gasteiger partial charge < -0.3 is 5.32 Å². The van der Waals surface area contributed by atoms with E-state index >= 15 is 0 Å². The fourth-order valence-electron chi connectivity index (χ4n) is 2.51. The summed E-state index contributed by atoms with van der Waals surface area (Å²) in [5, 5.41) is 3.56. The van der Waals surface area contributed by atoms with Crippen molar-refractivity contribution in [3.05, 3.63) is 23.9 Å². The molecule has 1 aromatic heterocycles. The Bertz CT molecular complexity index is 348. The summed E-state index contributed by atoms with van der Waals surface area (Å²) in [6.45, 7) is 6.77. The summed E-state index contributed by atoms with van der Waals surface area (Å²) in [6.07, 6.45) is 3.89. The molecule has 1 N–H and O–H groups in total. The molecule has 0 spiro atoms. The summed E-state index contributed by atoms with van der Waals surface area (Å²) >= 11 is 0. The highest BCUT2D eigenvalue weighted by atomic mass is 15.0. The van der Waals surface area contributed by atoms with Crippen LogP contribution in [0.5, 0.6) is 0 Å². The van der Waals surface area contributed by atoms with E-state index in [1.165, 1.54) is 19.3 Å². The van der Waals surface area contributed by atoms with Gasteiger partial charge in [-0.15, -0.1) is 0 Å². The van der Waals surface area contributed by atoms with Crippen molar-refractivity contribution >= 4 is 5.82 Å². The van der Waals surface area contributed by atoms with Crippen molar-refractivity contribution in [1.29, 1.82) is 0 Å². The van der Waals surface area contributed by atoms with Crippen molar-refractivity contribution in [2.24, 2.45) is 11.8 Å². The van der Waals surface area contributed by atoms with Crippen molar-refractivity contribution in [3.63, 3.8) is 0 Å². The molecule has 0 radical (unpaired) electrons. The van der Waals surface area contributed by atoms with Crippen LogP contribution in [0.2, 0.25) is 0 Å². The van der Waals surface area contributed by atoms with Crippen LogP contribution in [-0.4, -0.2) is 11.0 Å². The summed E-state index contributed by atoms with van der Waals surface area (Å²) < 4.78 is 0. The van der Waals surface area contributed by atoms with Gasteiger partial charge >= 0.3 is 0 Å². The Balaban J connectivity index is 1.95. The van der Waals surface area contributed by atoms with Gasteiger partial charge in [0.25, 0.3) is 0 Å². The Kier molecular flexibility index (Phi) is 3.47. The van der Waals surface area contributed by atoms with Crippen LogP contribution in [0, 0.1) is 18.8 Å². The Labute approximate surface area is 98.5 Å². The predicted octanol–water partition coefficient (Wildman–Crippen LogP) is 3.63. The quantitative estimate of drug-likeness (QED) is 0.820. The number of aryl methyl sites for hydroxylation is 1. The standard InChI is InChI=1S/C14H22N2/c1-10-7-8-13(9-11(10)2)16-14-6-4-5-12(3)15-14/h4-6,10-11,13H,7-9H2,1-3H3,(H,15,16). The van der Waals surface area contributed by atoms with Crippen LogP contribution in [0.25, 0.3) is 0 Å². The monoisotopic (exact) mass is 218 g/mol. The largest absolute Gasteiger partial charge is 0.367 e. The van der Waals surface area contributed by atoms with E-state index < -0.39 is 0 Å². The molecule has 0 amide bonds. The van der Waals surface area contributed by atoms with E-state index in [4.69, 9.17) is 0 Å². The molecule has 2 rings (SSSR count). The zero-order valence-corrected chi connectivity index (χ0v) is 10.5. The smallest absolute Gasteiger partial charge is 0.126 e. The SMILES string of the molecule is Cc1cccc(NC2CCC(C)C(C)C2)n1. The number of pyridine rings is 1. The van der Waals surface area contributed by atoms with Crippen LogP contribution >= 0.6 is 0 Å². The number of aromatic nitrogens is 1. The number of rotatable bonds is 2. The third kappa shape index (κ3) is 2.75. The molecule has 3 unspecified atom stereocenters. The van der Waals surface area contributed by atoms with E-state index in [1.807, 2.05) is 13.0 Å². The Morgan fingerprint density at radius 1 is 1.19 bits per heavy atom. The lowest BCUT2D eigenvalue weighted by Crippen LogP contribution is -2.30. The fraction of sp³-hybridized carbons (Fsp3) is 0.643. The van der Waals surface area contributed by atoms with Crippen molar-refractivity contribution < 1.29 is 0 Å². The molecule has 16 heavy (non-hydrogen) atoms. The van der Waals surface area contributed by atoms with Gasteiger partial charge in [-0.05, 0) is 50.2 Å². The van der Waals surface area contributed by atoms with E-state index in [0.29, 0.717) is 6.04 Å². The minimum atomic E-state index is 0.612. The first kappa shape index (κ1) is 11.4. The first-order valence-corrected chi connectivity index (χ1v) is 6.35. The van der Waals surface area contributed by atoms with Gasteiger partial charge in [0.2, 0.25) is 0 Å². The second-order valence-corrected chi connectivity index (χ2v) is 5.27. The number of nitrogens with one attached hydrogen (secondary N) is 1. The van der Waals surface area contributed by atoms with Gasteiger partial charge in [0.15, 0.2) is 0 Å². The highest BCUT2D eigenvalue weighted by Crippen LogP contribution is 2.30. The van der Waals surface area contributed by atoms with Crippen LogP contribution < -0.4 is 5.32 Å². The second-order valence-electron chi connectivity index (χ2n) is 5.27. The van der Waals surface area contributed by atoms with Gasteiger partial charge in [-0.2, -0.15) is 0 Å². The molecule has 0 bridgehead atoms. The first-order valence-electron chi connectivity index (χ1n) is 6.35. The molecule has 1 aliphatic rings. The highest BCUT2D eigenvalue weighted by Gasteiger charge is 2.24. The van der Waals surface area contributed by atoms with Gasteiger partial charge in [0.1, 0.15) is 5.82 Å². The average Bonchev–Trinajstić information content (AvgIpc) is 2.24. The molecular weight excluding hydrogens is 196 g/mol. The zero-order chi connectivity index (χ0) is 11.5. The number of hydrogen-bond donors (Lipinski definition) is 1. The molecule has 0 saturated heterocycles. The maximum Gasteiger partial charge on any atom is 0.126 e. The van der Waals surface area contributed by atoms with Crippen molar-refractivity contribution in [3.8, 4) is 0 Å². The summed E-state index contributed by atoms with van der Waals surface area (Å²) in [4.78, 5) is 4.50. The van der Waals surface area contributed by atoms with Gasteiger partial charge in [0.05, 0.1) is 0 Å². The predicted molar refractivity (Wildman–Crippen MR) is 68.6 cm³/mol. The van der Waals surface area contributed by atoms with Gasteiger partial charge in [-0.25, -0.2) is 4.98 Å². The third-order valence-corrected chi connectivity index (χ3v) is 3.84. The number of nitrogens with zero attached hydrogens (tertiary/aromatic N) is 1. The second kappa shape index (κ2) is 4.86. The van der Waals surface area contributed by atoms with E-state index in [2.05, 4.69) is 36.3 Å². The van der Waals surface area contributed by atoms with Gasteiger partial charge in [-0.1, -0.05) is 19.9 Å². The molecule has 2 heteroatoms. The third-order valence-electron chi connectivity index (χ3n) is 3.84. The summed E-state index contributed by atoms with van der Waals surface area (Å²) in [7, 11) is 0. The number of hydrogen-bond acceptors (Lipinski definition) is 2. The molecule has 1 heterocycles. The van der Waals surface area contributed by atoms with Crippen LogP contribution in [0.15, 0.2) is 18.2 Å². The maximum absolute atomic E-state index is 4.50. The van der Waals surface area contributed by atoms with Crippen LogP contribution in [0.3, 0.4) is 0 Å². The Morgan fingerprint density at radius 2 is 2.00 bits per heavy atom. The molecule has 1 saturated carbocycles. The highest BCUT2D eigenvalue weighted by molar-refractivity contribution is 5.36. The molecule has 2 nitrogen and oxygen atoms in total. The number of anilines is 1. The molecular formula is C14H22N2. The Hall–Kier alpha value is -1.05. The summed E-state index contributed by atoms with van der Waals surface area (Å²) in [6, 6.07) is 6.78. The van der Waals surface area contributed by atoms with Crippen molar-refractivity contribution in [1.82, 2.24) is 4.98 Å². The lowest BCUT2D eigenvalue weighted by Gasteiger charge is -2.32. The van der Waals surface area contributed by atoms with E-state index in [9.17, 15) is 0 Å². The van der Waals surface area contributed by atoms with E-state index in [1.54, 1.807) is 0 Å². The van der Waals surface area contributed by atoms with Crippen LogP contribution in [-0.2, 0) is 0 Å². The van der Waals surface area contributed by atoms with E-state index in [0.717, 1.165) is 23.3 Å². The molecule has 1 aliphatic carbocycles. The molecule has 3 atom stereocenters. The molecule has 1 fully saturated rings. The molecule has 0 aliphatic heterocycles. The first-order chi connectivity index (χ1) is 7.65. The normalized spacial score (nSPS) is 30.1. The molecule has 88 valence electrons. The fourth-order valence-corrected chi connectivity index (χ4v) is 2.51. The lowest BCUT2D eigenvalue weighted by molar-refractivity contribution is 0.260. The molecule has 0 aromatic carbocycles. The van der Waals surface area contributed by atoms with E-state index in [-0.39, 0.29) is 0 Å². The van der Waals surface area contributed by atoms with Crippen molar-refractivity contribution in [2.45, 2.75) is 46.1 Å². The van der Waals surface area contributed by atoms with Gasteiger partial charge in [0, 0.05) is 11.7 Å². The lowest BCUT2D eigenvalue weighted by atomic mass is 9.79.